The zero-order chi connectivity index (χ0) is 9.47. The molecule has 1 aliphatic heterocycles. The minimum Gasteiger partial charge on any atom is -0.454 e. The van der Waals surface area contributed by atoms with Crippen molar-refractivity contribution in [3.63, 3.8) is 0 Å². The normalized spacial score (nSPS) is 32.2. The van der Waals surface area contributed by atoms with Crippen molar-refractivity contribution in [2.45, 2.75) is 17.4 Å². The third-order valence-corrected chi connectivity index (χ3v) is 2.96. The Bertz CT molecular complexity index is 332. The van der Waals surface area contributed by atoms with E-state index in [0.717, 1.165) is 5.56 Å². The number of rotatable bonds is 1. The first-order valence-corrected chi connectivity index (χ1v) is 4.86. The molecule has 0 aromatic heterocycles. The van der Waals surface area contributed by atoms with Crippen molar-refractivity contribution in [3.05, 3.63) is 35.9 Å². The monoisotopic (exact) mass is 240 g/mol. The number of hydrogen-bond acceptors (Lipinski definition) is 2. The lowest BCUT2D eigenvalue weighted by molar-refractivity contribution is -0.177. The molecule has 1 fully saturated rings. The zero-order valence-corrected chi connectivity index (χ0v) is 8.74. The molecule has 1 saturated heterocycles. The van der Waals surface area contributed by atoms with Crippen LogP contribution in [0.15, 0.2) is 30.3 Å². The highest BCUT2D eigenvalue weighted by Crippen LogP contribution is 2.46. The third kappa shape index (κ3) is 1.27. The first-order chi connectivity index (χ1) is 6.12. The number of carbonyl (C=O) groups excluding carboxylic acids is 1. The van der Waals surface area contributed by atoms with Gasteiger partial charge in [-0.1, -0.05) is 46.3 Å². The first-order valence-electron chi connectivity index (χ1n) is 4.07. The van der Waals surface area contributed by atoms with Crippen LogP contribution in [0.25, 0.3) is 0 Å². The van der Waals surface area contributed by atoms with E-state index in [-0.39, 0.29) is 12.1 Å². The van der Waals surface area contributed by atoms with Crippen LogP contribution in [-0.4, -0.2) is 10.3 Å². The summed E-state index contributed by atoms with van der Waals surface area (Å²) in [6.45, 7) is 1.83. The maximum atomic E-state index is 11.1. The van der Waals surface area contributed by atoms with Crippen LogP contribution in [0.4, 0.5) is 0 Å². The Morgan fingerprint density at radius 1 is 1.38 bits per heavy atom. The van der Waals surface area contributed by atoms with Crippen LogP contribution in [0.1, 0.15) is 18.6 Å². The van der Waals surface area contributed by atoms with Gasteiger partial charge in [0.05, 0.1) is 0 Å². The molecule has 0 radical (unpaired) electrons. The fourth-order valence-corrected chi connectivity index (χ4v) is 1.84. The Kier molecular flexibility index (Phi) is 1.91. The molecule has 13 heavy (non-hydrogen) atoms. The van der Waals surface area contributed by atoms with Gasteiger partial charge in [0, 0.05) is 0 Å². The number of ether oxygens (including phenoxy) is 1. The van der Waals surface area contributed by atoms with Gasteiger partial charge in [-0.25, -0.2) is 0 Å². The topological polar surface area (TPSA) is 26.3 Å². The lowest BCUT2D eigenvalue weighted by Gasteiger charge is -2.40. The van der Waals surface area contributed by atoms with Gasteiger partial charge in [0.1, 0.15) is 0 Å². The molecule has 1 heterocycles. The second-order valence-corrected chi connectivity index (χ2v) is 4.92. The summed E-state index contributed by atoms with van der Waals surface area (Å²) in [5, 5.41) is 0. The summed E-state index contributed by atoms with van der Waals surface area (Å²) in [5.41, 5.74) is 1.03. The fraction of sp³-hybridized carbons (Fsp3) is 0.300. The van der Waals surface area contributed by atoms with Gasteiger partial charge < -0.3 is 4.74 Å². The minimum atomic E-state index is -0.547. The van der Waals surface area contributed by atoms with Crippen LogP contribution < -0.4 is 0 Å². The van der Waals surface area contributed by atoms with Crippen LogP contribution >= 0.6 is 15.9 Å². The van der Waals surface area contributed by atoms with Gasteiger partial charge >= 0.3 is 5.97 Å². The highest BCUT2D eigenvalue weighted by atomic mass is 79.9. The van der Waals surface area contributed by atoms with Gasteiger partial charge in [0.15, 0.2) is 10.4 Å². The lowest BCUT2D eigenvalue weighted by atomic mass is 9.92. The van der Waals surface area contributed by atoms with Gasteiger partial charge in [-0.3, -0.25) is 4.79 Å². The molecule has 0 aliphatic carbocycles. The van der Waals surface area contributed by atoms with Crippen molar-refractivity contribution in [2.24, 2.45) is 0 Å². The summed E-state index contributed by atoms with van der Waals surface area (Å²) >= 11 is 3.36. The predicted octanol–water partition coefficient (Wildman–Crippen LogP) is 2.44. The van der Waals surface area contributed by atoms with Crippen LogP contribution in [-0.2, 0) is 9.53 Å². The van der Waals surface area contributed by atoms with Crippen molar-refractivity contribution < 1.29 is 9.53 Å². The van der Waals surface area contributed by atoms with Crippen LogP contribution in [0, 0.1) is 0 Å². The quantitative estimate of drug-likeness (QED) is 0.557. The van der Waals surface area contributed by atoms with Crippen LogP contribution in [0.3, 0.4) is 0 Å². The molecular formula is C10H9BrO2. The Labute approximate surface area is 85.0 Å². The molecule has 2 rings (SSSR count). The van der Waals surface area contributed by atoms with Gasteiger partial charge in [-0.15, -0.1) is 0 Å². The molecule has 0 unspecified atom stereocenters. The number of benzene rings is 1. The van der Waals surface area contributed by atoms with E-state index in [1.165, 1.54) is 0 Å². The van der Waals surface area contributed by atoms with E-state index < -0.39 is 4.32 Å². The minimum absolute atomic E-state index is 0.152. The van der Waals surface area contributed by atoms with E-state index in [1.54, 1.807) is 0 Å². The maximum Gasteiger partial charge on any atom is 0.327 e. The summed E-state index contributed by atoms with van der Waals surface area (Å²) in [6, 6.07) is 9.72. The summed E-state index contributed by atoms with van der Waals surface area (Å²) in [4.78, 5) is 11.1. The number of halogens is 1. The van der Waals surface area contributed by atoms with E-state index in [2.05, 4.69) is 15.9 Å². The van der Waals surface area contributed by atoms with Gasteiger partial charge in [-0.05, 0) is 12.5 Å². The fourth-order valence-electron chi connectivity index (χ4n) is 1.39. The smallest absolute Gasteiger partial charge is 0.327 e. The number of carbonyl (C=O) groups is 1. The Morgan fingerprint density at radius 3 is 2.46 bits per heavy atom. The lowest BCUT2D eigenvalue weighted by Crippen LogP contribution is -2.49. The second-order valence-electron chi connectivity index (χ2n) is 3.27. The summed E-state index contributed by atoms with van der Waals surface area (Å²) in [5.74, 6) is -0.193. The van der Waals surface area contributed by atoms with E-state index in [9.17, 15) is 4.79 Å². The van der Waals surface area contributed by atoms with Crippen LogP contribution in [0.2, 0.25) is 0 Å². The van der Waals surface area contributed by atoms with E-state index in [4.69, 9.17) is 4.74 Å². The summed E-state index contributed by atoms with van der Waals surface area (Å²) in [6.07, 6.45) is -0.152. The van der Waals surface area contributed by atoms with Crippen LogP contribution in [0.5, 0.6) is 0 Å². The maximum absolute atomic E-state index is 11.1. The van der Waals surface area contributed by atoms with E-state index in [1.807, 2.05) is 37.3 Å². The predicted molar refractivity (Wildman–Crippen MR) is 52.6 cm³/mol. The van der Waals surface area contributed by atoms with Crippen molar-refractivity contribution >= 4 is 21.9 Å². The van der Waals surface area contributed by atoms with Gasteiger partial charge in [0.2, 0.25) is 0 Å². The second kappa shape index (κ2) is 2.84. The summed E-state index contributed by atoms with van der Waals surface area (Å²) in [7, 11) is 0. The number of alkyl halides is 1. The largest absolute Gasteiger partial charge is 0.454 e. The Hall–Kier alpha value is -0.830. The standard InChI is InChI=1S/C10H9BrO2/c1-10(11)8(13-9(10)12)7-5-3-2-4-6-7/h2-6,8H,1H3/t8-,10+/m0/s1. The average molecular weight is 241 g/mol. The van der Waals surface area contributed by atoms with Crippen molar-refractivity contribution in [2.75, 3.05) is 0 Å². The number of esters is 1. The first kappa shape index (κ1) is 8.75. The molecule has 3 heteroatoms. The number of cyclic esters (lactones) is 1. The third-order valence-electron chi connectivity index (χ3n) is 2.22. The highest BCUT2D eigenvalue weighted by Gasteiger charge is 2.53. The summed E-state index contributed by atoms with van der Waals surface area (Å²) < 4.78 is 4.51. The zero-order valence-electron chi connectivity index (χ0n) is 7.16. The van der Waals surface area contributed by atoms with Crippen molar-refractivity contribution in [3.8, 4) is 0 Å². The average Bonchev–Trinajstić information content (AvgIpc) is 2.15. The van der Waals surface area contributed by atoms with Gasteiger partial charge in [-0.2, -0.15) is 0 Å². The molecule has 1 aliphatic rings. The van der Waals surface area contributed by atoms with E-state index >= 15 is 0 Å². The molecule has 0 amide bonds. The van der Waals surface area contributed by atoms with Crippen molar-refractivity contribution in [1.82, 2.24) is 0 Å². The Balaban J connectivity index is 2.27. The molecule has 68 valence electrons. The molecule has 0 N–H and O–H groups in total. The Morgan fingerprint density at radius 2 is 2.00 bits per heavy atom. The van der Waals surface area contributed by atoms with Gasteiger partial charge in [0.25, 0.3) is 0 Å². The van der Waals surface area contributed by atoms with E-state index in [0.29, 0.717) is 0 Å². The molecule has 0 saturated carbocycles. The molecular weight excluding hydrogens is 232 g/mol. The highest BCUT2D eigenvalue weighted by molar-refractivity contribution is 9.10. The molecule has 0 spiro atoms. The van der Waals surface area contributed by atoms with Crippen molar-refractivity contribution in [1.29, 1.82) is 0 Å². The molecule has 1 aromatic carbocycles. The molecule has 0 bridgehead atoms. The number of hydrogen-bond donors (Lipinski definition) is 0. The SMILES string of the molecule is C[C@]1(Br)C(=O)O[C@H]1c1ccccc1. The molecule has 1 aromatic rings. The molecule has 2 atom stereocenters. The molecule has 2 nitrogen and oxygen atoms in total.